The minimum Gasteiger partial charge on any atom is -0.453 e. The summed E-state index contributed by atoms with van der Waals surface area (Å²) in [6.07, 6.45) is -0.397. The Morgan fingerprint density at radius 2 is 1.85 bits per heavy atom. The third-order valence-corrected chi connectivity index (χ3v) is 4.80. The SMILES string of the molecule is Cc1ccc(-c2nnc([C@@H](C)OC(=O)CCSc3ccc(F)cc3)o2)cc1. The lowest BCUT2D eigenvalue weighted by molar-refractivity contribution is -0.149. The molecule has 0 unspecified atom stereocenters. The molecule has 7 heteroatoms. The molecule has 0 amide bonds. The van der Waals surface area contributed by atoms with E-state index in [-0.39, 0.29) is 24.1 Å². The third-order valence-electron chi connectivity index (χ3n) is 3.78. The highest BCUT2D eigenvalue weighted by molar-refractivity contribution is 7.99. The second kappa shape index (κ2) is 8.81. The predicted molar refractivity (Wildman–Crippen MR) is 101 cm³/mol. The van der Waals surface area contributed by atoms with E-state index in [0.717, 1.165) is 16.0 Å². The van der Waals surface area contributed by atoms with Crippen LogP contribution in [0, 0.1) is 12.7 Å². The van der Waals surface area contributed by atoms with Crippen LogP contribution in [0.1, 0.15) is 30.9 Å². The van der Waals surface area contributed by atoms with Crippen LogP contribution in [0.3, 0.4) is 0 Å². The molecule has 0 fully saturated rings. The fourth-order valence-electron chi connectivity index (χ4n) is 2.30. The molecule has 0 bridgehead atoms. The Morgan fingerprint density at radius 1 is 1.15 bits per heavy atom. The van der Waals surface area contributed by atoms with Crippen molar-refractivity contribution < 1.29 is 18.3 Å². The summed E-state index contributed by atoms with van der Waals surface area (Å²) < 4.78 is 23.8. The molecule has 0 aliphatic rings. The van der Waals surface area contributed by atoms with E-state index < -0.39 is 6.10 Å². The highest BCUT2D eigenvalue weighted by Crippen LogP contribution is 2.24. The number of rotatable bonds is 7. The first-order valence-electron chi connectivity index (χ1n) is 8.49. The van der Waals surface area contributed by atoms with Crippen molar-refractivity contribution >= 4 is 17.7 Å². The zero-order chi connectivity index (χ0) is 19.2. The van der Waals surface area contributed by atoms with E-state index in [1.807, 2.05) is 31.2 Å². The van der Waals surface area contributed by atoms with E-state index in [2.05, 4.69) is 10.2 Å². The topological polar surface area (TPSA) is 65.2 Å². The minimum absolute atomic E-state index is 0.228. The zero-order valence-corrected chi connectivity index (χ0v) is 15.8. The van der Waals surface area contributed by atoms with Gasteiger partial charge in [-0.05, 0) is 50.2 Å². The molecule has 1 aromatic heterocycles. The van der Waals surface area contributed by atoms with E-state index in [1.54, 1.807) is 19.1 Å². The lowest BCUT2D eigenvalue weighted by atomic mass is 10.1. The van der Waals surface area contributed by atoms with Gasteiger partial charge in [-0.3, -0.25) is 4.79 Å². The quantitative estimate of drug-likeness (QED) is 0.422. The Hall–Kier alpha value is -2.67. The highest BCUT2D eigenvalue weighted by Gasteiger charge is 2.19. The van der Waals surface area contributed by atoms with Crippen LogP contribution in [0.5, 0.6) is 0 Å². The van der Waals surface area contributed by atoms with Crippen LogP contribution in [0.15, 0.2) is 57.8 Å². The van der Waals surface area contributed by atoms with Crippen molar-refractivity contribution in [3.05, 3.63) is 65.8 Å². The van der Waals surface area contributed by atoms with E-state index >= 15 is 0 Å². The molecule has 0 aliphatic heterocycles. The van der Waals surface area contributed by atoms with Gasteiger partial charge in [-0.25, -0.2) is 4.39 Å². The Morgan fingerprint density at radius 3 is 2.56 bits per heavy atom. The maximum atomic E-state index is 12.9. The maximum Gasteiger partial charge on any atom is 0.307 e. The Labute approximate surface area is 161 Å². The predicted octanol–water partition coefficient (Wildman–Crippen LogP) is 4.97. The Balaban J connectivity index is 1.49. The van der Waals surface area contributed by atoms with Crippen molar-refractivity contribution in [3.63, 3.8) is 0 Å². The fraction of sp³-hybridized carbons (Fsp3) is 0.250. The van der Waals surface area contributed by atoms with Gasteiger partial charge in [0.25, 0.3) is 5.89 Å². The lowest BCUT2D eigenvalue weighted by Crippen LogP contribution is -2.09. The van der Waals surface area contributed by atoms with Gasteiger partial charge in [0, 0.05) is 16.2 Å². The average molecular weight is 386 g/mol. The van der Waals surface area contributed by atoms with Crippen molar-refractivity contribution in [2.75, 3.05) is 5.75 Å². The molecule has 0 saturated carbocycles. The van der Waals surface area contributed by atoms with Gasteiger partial charge in [-0.15, -0.1) is 22.0 Å². The van der Waals surface area contributed by atoms with Crippen LogP contribution in [-0.4, -0.2) is 21.9 Å². The number of esters is 1. The van der Waals surface area contributed by atoms with Gasteiger partial charge in [0.15, 0.2) is 6.10 Å². The average Bonchev–Trinajstić information content (AvgIpc) is 3.14. The first-order chi connectivity index (χ1) is 13.0. The molecule has 0 radical (unpaired) electrons. The maximum absolute atomic E-state index is 12.9. The van der Waals surface area contributed by atoms with E-state index in [0.29, 0.717) is 11.6 Å². The lowest BCUT2D eigenvalue weighted by Gasteiger charge is -2.09. The summed E-state index contributed by atoms with van der Waals surface area (Å²) in [5.41, 5.74) is 1.95. The molecule has 140 valence electrons. The summed E-state index contributed by atoms with van der Waals surface area (Å²) in [6, 6.07) is 13.9. The van der Waals surface area contributed by atoms with Crippen molar-refractivity contribution in [3.8, 4) is 11.5 Å². The standard InChI is InChI=1S/C20H19FN2O3S/c1-13-3-5-15(6-4-13)20-23-22-19(26-20)14(2)25-18(24)11-12-27-17-9-7-16(21)8-10-17/h3-10,14H,11-12H2,1-2H3/t14-/m1/s1. The monoisotopic (exact) mass is 386 g/mol. The van der Waals surface area contributed by atoms with E-state index in [9.17, 15) is 9.18 Å². The van der Waals surface area contributed by atoms with Crippen LogP contribution in [0.25, 0.3) is 11.5 Å². The van der Waals surface area contributed by atoms with E-state index in [1.165, 1.54) is 23.9 Å². The molecular weight excluding hydrogens is 367 g/mol. The van der Waals surface area contributed by atoms with Gasteiger partial charge in [0.1, 0.15) is 5.82 Å². The highest BCUT2D eigenvalue weighted by atomic mass is 32.2. The Kier molecular flexibility index (Phi) is 6.24. The van der Waals surface area contributed by atoms with Gasteiger partial charge in [0.2, 0.25) is 5.89 Å². The van der Waals surface area contributed by atoms with Crippen LogP contribution in [0.4, 0.5) is 4.39 Å². The summed E-state index contributed by atoms with van der Waals surface area (Å²) >= 11 is 1.46. The van der Waals surface area contributed by atoms with Gasteiger partial charge in [0.05, 0.1) is 6.42 Å². The summed E-state index contributed by atoms with van der Waals surface area (Å²) in [5, 5.41) is 7.98. The number of hydrogen-bond acceptors (Lipinski definition) is 6. The molecular formula is C20H19FN2O3S. The van der Waals surface area contributed by atoms with Crippen molar-refractivity contribution in [1.82, 2.24) is 10.2 Å². The normalized spacial score (nSPS) is 12.0. The second-order valence-corrected chi connectivity index (χ2v) is 7.16. The van der Waals surface area contributed by atoms with Crippen molar-refractivity contribution in [2.45, 2.75) is 31.3 Å². The third kappa shape index (κ3) is 5.40. The first kappa shape index (κ1) is 19.1. The number of ether oxygens (including phenoxy) is 1. The number of nitrogens with zero attached hydrogens (tertiary/aromatic N) is 2. The second-order valence-electron chi connectivity index (χ2n) is 6.00. The smallest absolute Gasteiger partial charge is 0.307 e. The minimum atomic E-state index is -0.625. The van der Waals surface area contributed by atoms with Crippen LogP contribution < -0.4 is 0 Å². The summed E-state index contributed by atoms with van der Waals surface area (Å²) in [5.74, 6) is 0.546. The summed E-state index contributed by atoms with van der Waals surface area (Å²) in [4.78, 5) is 12.9. The number of halogens is 1. The van der Waals surface area contributed by atoms with Crippen LogP contribution >= 0.6 is 11.8 Å². The fourth-order valence-corrected chi connectivity index (χ4v) is 3.13. The first-order valence-corrected chi connectivity index (χ1v) is 9.48. The molecule has 0 aliphatic carbocycles. The molecule has 3 rings (SSSR count). The number of carbonyl (C=O) groups excluding carboxylic acids is 1. The molecule has 27 heavy (non-hydrogen) atoms. The summed E-state index contributed by atoms with van der Waals surface area (Å²) in [6.45, 7) is 3.69. The largest absolute Gasteiger partial charge is 0.453 e. The number of aryl methyl sites for hydroxylation is 1. The van der Waals surface area contributed by atoms with Gasteiger partial charge in [-0.2, -0.15) is 0 Å². The number of hydrogen-bond donors (Lipinski definition) is 0. The number of thioether (sulfide) groups is 1. The molecule has 1 atom stereocenters. The zero-order valence-electron chi connectivity index (χ0n) is 15.0. The van der Waals surface area contributed by atoms with Crippen LogP contribution in [-0.2, 0) is 9.53 Å². The molecule has 0 N–H and O–H groups in total. The van der Waals surface area contributed by atoms with Gasteiger partial charge >= 0.3 is 5.97 Å². The molecule has 5 nitrogen and oxygen atoms in total. The van der Waals surface area contributed by atoms with Crippen LogP contribution in [0.2, 0.25) is 0 Å². The summed E-state index contributed by atoms with van der Waals surface area (Å²) in [7, 11) is 0. The number of carbonyl (C=O) groups is 1. The molecule has 2 aromatic carbocycles. The number of benzene rings is 2. The van der Waals surface area contributed by atoms with E-state index in [4.69, 9.17) is 9.15 Å². The van der Waals surface area contributed by atoms with Gasteiger partial charge in [-0.1, -0.05) is 17.7 Å². The van der Waals surface area contributed by atoms with Crippen molar-refractivity contribution in [1.29, 1.82) is 0 Å². The molecule has 0 spiro atoms. The van der Waals surface area contributed by atoms with Gasteiger partial charge < -0.3 is 9.15 Å². The molecule has 3 aromatic rings. The molecule has 1 heterocycles. The van der Waals surface area contributed by atoms with Crippen molar-refractivity contribution in [2.24, 2.45) is 0 Å². The number of aromatic nitrogens is 2. The Bertz CT molecular complexity index is 894. The molecule has 0 saturated heterocycles.